The average Bonchev–Trinajstić information content (AvgIpc) is 3.23. The Labute approximate surface area is 163 Å². The Morgan fingerprint density at radius 3 is 1.93 bits per heavy atom. The minimum atomic E-state index is -0.605. The van der Waals surface area contributed by atoms with Crippen molar-refractivity contribution in [2.75, 3.05) is 0 Å². The normalized spacial score (nSPS) is 11.6. The number of thiophene rings is 1. The van der Waals surface area contributed by atoms with E-state index in [9.17, 15) is 9.59 Å². The molecule has 0 radical (unpaired) electrons. The summed E-state index contributed by atoms with van der Waals surface area (Å²) in [6, 6.07) is 22.7. The minimum absolute atomic E-state index is 0.104. The fourth-order valence-corrected chi connectivity index (χ4v) is 3.46. The Bertz CT molecular complexity index is 822. The van der Waals surface area contributed by atoms with E-state index in [4.69, 9.17) is 0 Å². The summed E-state index contributed by atoms with van der Waals surface area (Å²) < 4.78 is 0. The molecule has 27 heavy (non-hydrogen) atoms. The van der Waals surface area contributed by atoms with Gasteiger partial charge >= 0.3 is 0 Å². The first-order chi connectivity index (χ1) is 13.1. The molecule has 0 aliphatic heterocycles. The quantitative estimate of drug-likeness (QED) is 0.673. The monoisotopic (exact) mass is 378 g/mol. The lowest BCUT2D eigenvalue weighted by Crippen LogP contribution is -2.46. The van der Waals surface area contributed by atoms with Crippen LogP contribution >= 0.6 is 11.3 Å². The number of nitrogens with one attached hydrogen (secondary N) is 1. The van der Waals surface area contributed by atoms with E-state index in [1.54, 1.807) is 17.9 Å². The van der Waals surface area contributed by atoms with Gasteiger partial charge in [-0.1, -0.05) is 66.7 Å². The molecular formula is C22H22N2O2S. The van der Waals surface area contributed by atoms with Gasteiger partial charge in [0.05, 0.1) is 4.88 Å². The molecule has 3 rings (SSSR count). The third-order valence-corrected chi connectivity index (χ3v) is 5.08. The van der Waals surface area contributed by atoms with E-state index in [0.717, 1.165) is 11.1 Å². The number of carbonyl (C=O) groups excluding carboxylic acids is 2. The van der Waals surface area contributed by atoms with Crippen molar-refractivity contribution in [1.82, 2.24) is 10.2 Å². The van der Waals surface area contributed by atoms with Crippen LogP contribution in [0.5, 0.6) is 0 Å². The Kier molecular flexibility index (Phi) is 6.39. The Morgan fingerprint density at radius 1 is 0.889 bits per heavy atom. The first-order valence-electron chi connectivity index (χ1n) is 8.84. The minimum Gasteiger partial charge on any atom is -0.340 e. The van der Waals surface area contributed by atoms with Gasteiger partial charge in [-0.05, 0) is 29.5 Å². The SMILES string of the molecule is CC(NC(=O)c1cccs1)C(=O)N(Cc1ccccc1)Cc1ccccc1. The molecular weight excluding hydrogens is 356 g/mol. The van der Waals surface area contributed by atoms with Crippen molar-refractivity contribution in [2.24, 2.45) is 0 Å². The van der Waals surface area contributed by atoms with Crippen LogP contribution < -0.4 is 5.32 Å². The molecule has 3 aromatic rings. The number of carbonyl (C=O) groups is 2. The van der Waals surface area contributed by atoms with Crippen LogP contribution in [0.3, 0.4) is 0 Å². The Hall–Kier alpha value is -2.92. The molecule has 2 amide bonds. The van der Waals surface area contributed by atoms with Crippen LogP contribution in [0.4, 0.5) is 0 Å². The highest BCUT2D eigenvalue weighted by Gasteiger charge is 2.23. The summed E-state index contributed by atoms with van der Waals surface area (Å²) in [6.45, 7) is 2.72. The van der Waals surface area contributed by atoms with Gasteiger partial charge < -0.3 is 10.2 Å². The summed E-state index contributed by atoms with van der Waals surface area (Å²) in [7, 11) is 0. The standard InChI is InChI=1S/C22H22N2O2S/c1-17(23-21(25)20-13-8-14-27-20)22(26)24(15-18-9-4-2-5-10-18)16-19-11-6-3-7-12-19/h2-14,17H,15-16H2,1H3,(H,23,25). The first-order valence-corrected chi connectivity index (χ1v) is 9.72. The molecule has 0 aliphatic carbocycles. The van der Waals surface area contributed by atoms with Crippen molar-refractivity contribution in [3.8, 4) is 0 Å². The fraction of sp³-hybridized carbons (Fsp3) is 0.182. The predicted octanol–water partition coefficient (Wildman–Crippen LogP) is 4.10. The number of rotatable bonds is 7. The van der Waals surface area contributed by atoms with Gasteiger partial charge in [0, 0.05) is 13.1 Å². The zero-order valence-corrected chi connectivity index (χ0v) is 16.0. The maximum atomic E-state index is 13.1. The topological polar surface area (TPSA) is 49.4 Å². The van der Waals surface area contributed by atoms with Crippen LogP contribution in [-0.4, -0.2) is 22.8 Å². The molecule has 2 aromatic carbocycles. The molecule has 0 bridgehead atoms. The van der Waals surface area contributed by atoms with Crippen molar-refractivity contribution in [3.05, 3.63) is 94.2 Å². The lowest BCUT2D eigenvalue weighted by atomic mass is 10.1. The molecule has 4 nitrogen and oxygen atoms in total. The van der Waals surface area contributed by atoms with Crippen LogP contribution in [0.1, 0.15) is 27.7 Å². The van der Waals surface area contributed by atoms with Crippen LogP contribution in [0, 0.1) is 0 Å². The van der Waals surface area contributed by atoms with E-state index in [1.807, 2.05) is 72.1 Å². The number of amides is 2. The Morgan fingerprint density at radius 2 is 1.44 bits per heavy atom. The van der Waals surface area contributed by atoms with Crippen LogP contribution in [0.25, 0.3) is 0 Å². The molecule has 0 saturated heterocycles. The molecule has 1 atom stereocenters. The van der Waals surface area contributed by atoms with Crippen LogP contribution in [0.2, 0.25) is 0 Å². The van der Waals surface area contributed by atoms with Gasteiger partial charge in [-0.3, -0.25) is 9.59 Å². The number of nitrogens with zero attached hydrogens (tertiary/aromatic N) is 1. The highest BCUT2D eigenvalue weighted by molar-refractivity contribution is 7.12. The predicted molar refractivity (Wildman–Crippen MR) is 108 cm³/mol. The van der Waals surface area contributed by atoms with Gasteiger partial charge in [0.1, 0.15) is 6.04 Å². The third kappa shape index (κ3) is 5.28. The maximum Gasteiger partial charge on any atom is 0.261 e. The summed E-state index contributed by atoms with van der Waals surface area (Å²) in [5.41, 5.74) is 2.11. The summed E-state index contributed by atoms with van der Waals surface area (Å²) >= 11 is 1.36. The van der Waals surface area contributed by atoms with E-state index in [2.05, 4.69) is 5.32 Å². The average molecular weight is 378 g/mol. The van der Waals surface area contributed by atoms with E-state index < -0.39 is 6.04 Å². The van der Waals surface area contributed by atoms with E-state index in [0.29, 0.717) is 18.0 Å². The molecule has 1 unspecified atom stereocenters. The van der Waals surface area contributed by atoms with Crippen molar-refractivity contribution in [2.45, 2.75) is 26.1 Å². The molecule has 0 fully saturated rings. The highest BCUT2D eigenvalue weighted by Crippen LogP contribution is 2.13. The van der Waals surface area contributed by atoms with Crippen LogP contribution in [-0.2, 0) is 17.9 Å². The second-order valence-electron chi connectivity index (χ2n) is 6.34. The second kappa shape index (κ2) is 9.14. The van der Waals surface area contributed by atoms with Crippen LogP contribution in [0.15, 0.2) is 78.2 Å². The van der Waals surface area contributed by atoms with Crippen molar-refractivity contribution in [3.63, 3.8) is 0 Å². The van der Waals surface area contributed by atoms with Gasteiger partial charge in [0.25, 0.3) is 5.91 Å². The van der Waals surface area contributed by atoms with Crippen molar-refractivity contribution in [1.29, 1.82) is 0 Å². The Balaban J connectivity index is 1.73. The summed E-state index contributed by atoms with van der Waals surface area (Å²) in [6.07, 6.45) is 0. The van der Waals surface area contributed by atoms with E-state index in [1.165, 1.54) is 11.3 Å². The largest absolute Gasteiger partial charge is 0.340 e. The lowest BCUT2D eigenvalue weighted by molar-refractivity contribution is -0.134. The molecule has 1 aromatic heterocycles. The molecule has 0 saturated carbocycles. The number of benzene rings is 2. The summed E-state index contributed by atoms with van der Waals surface area (Å²) in [5.74, 6) is -0.321. The molecule has 5 heteroatoms. The zero-order valence-electron chi connectivity index (χ0n) is 15.2. The van der Waals surface area contributed by atoms with Gasteiger partial charge in [-0.2, -0.15) is 0 Å². The smallest absolute Gasteiger partial charge is 0.261 e. The molecule has 1 N–H and O–H groups in total. The fourth-order valence-electron chi connectivity index (χ4n) is 2.83. The lowest BCUT2D eigenvalue weighted by Gasteiger charge is -2.26. The third-order valence-electron chi connectivity index (χ3n) is 4.21. The summed E-state index contributed by atoms with van der Waals surface area (Å²) in [4.78, 5) is 27.7. The highest BCUT2D eigenvalue weighted by atomic mass is 32.1. The first kappa shape index (κ1) is 18.9. The molecule has 1 heterocycles. The molecule has 138 valence electrons. The maximum absolute atomic E-state index is 13.1. The summed E-state index contributed by atoms with van der Waals surface area (Å²) in [5, 5.41) is 4.66. The van der Waals surface area contributed by atoms with E-state index in [-0.39, 0.29) is 11.8 Å². The number of hydrogen-bond acceptors (Lipinski definition) is 3. The number of hydrogen-bond donors (Lipinski definition) is 1. The van der Waals surface area contributed by atoms with Gasteiger partial charge in [-0.25, -0.2) is 0 Å². The van der Waals surface area contributed by atoms with Gasteiger partial charge in [0.15, 0.2) is 0 Å². The molecule has 0 aliphatic rings. The van der Waals surface area contributed by atoms with Crippen molar-refractivity contribution >= 4 is 23.2 Å². The van der Waals surface area contributed by atoms with Crippen molar-refractivity contribution < 1.29 is 9.59 Å². The van der Waals surface area contributed by atoms with Gasteiger partial charge in [-0.15, -0.1) is 11.3 Å². The van der Waals surface area contributed by atoms with Gasteiger partial charge in [0.2, 0.25) is 5.91 Å². The zero-order chi connectivity index (χ0) is 19.1. The second-order valence-corrected chi connectivity index (χ2v) is 7.29. The van der Waals surface area contributed by atoms with E-state index >= 15 is 0 Å². The molecule has 0 spiro atoms.